The van der Waals surface area contributed by atoms with Crippen LogP contribution in [0.4, 0.5) is 0 Å². The van der Waals surface area contributed by atoms with Crippen LogP contribution in [0.1, 0.15) is 89.0 Å². The Morgan fingerprint density at radius 3 is 1.55 bits per heavy atom. The summed E-state index contributed by atoms with van der Waals surface area (Å²) in [5.74, 6) is -4.76. The molecule has 0 aliphatic carbocycles. The molecule has 0 amide bonds. The highest BCUT2D eigenvalue weighted by Crippen LogP contribution is 2.43. The fourth-order valence-electron chi connectivity index (χ4n) is 5.67. The lowest BCUT2D eigenvalue weighted by Gasteiger charge is -2.44. The summed E-state index contributed by atoms with van der Waals surface area (Å²) in [6.45, 7) is 28.8. The van der Waals surface area contributed by atoms with Crippen molar-refractivity contribution in [1.29, 1.82) is 0 Å². The van der Waals surface area contributed by atoms with Crippen molar-refractivity contribution in [3.05, 3.63) is 0 Å². The average molecular weight is 605 g/mol. The van der Waals surface area contributed by atoms with Crippen LogP contribution in [0.15, 0.2) is 0 Å². The Kier molecular flexibility index (Phi) is 15.7. The highest BCUT2D eigenvalue weighted by molar-refractivity contribution is 6.77. The van der Waals surface area contributed by atoms with Gasteiger partial charge in [-0.25, -0.2) is 4.79 Å². The van der Waals surface area contributed by atoms with Crippen LogP contribution in [-0.4, -0.2) is 78.4 Å². The molecule has 0 aromatic carbocycles. The number of Topliss-reactive ketones (excluding diaryl/α,β-unsaturated/α-hetero) is 2. The molecule has 40 heavy (non-hydrogen) atoms. The molecule has 5 atom stereocenters. The largest absolute Gasteiger partial charge is 0.475 e. The molecule has 8 nitrogen and oxygen atoms in total. The number of ether oxygens (including phenoxy) is 2. The fraction of sp³-hybridized carbons (Fsp3) is 0.900. The number of carboxylic acids is 1. The zero-order valence-electron chi connectivity index (χ0n) is 28.0. The SMILES string of the molecule is COC(CC(C)CO[Si](C(C)C)(C(C)C)C(C)C)C(O[Si](C)(C)C(C)(C)C)C(CC(C)C(=O)C(=O)C(=O)O)OC. The maximum absolute atomic E-state index is 12.5. The van der Waals surface area contributed by atoms with Crippen molar-refractivity contribution in [1.82, 2.24) is 0 Å². The van der Waals surface area contributed by atoms with Crippen molar-refractivity contribution in [2.75, 3.05) is 20.8 Å². The second-order valence-electron chi connectivity index (χ2n) is 14.0. The first-order valence-corrected chi connectivity index (χ1v) is 19.8. The predicted molar refractivity (Wildman–Crippen MR) is 166 cm³/mol. The molecule has 0 fully saturated rings. The van der Waals surface area contributed by atoms with Gasteiger partial charge in [0, 0.05) is 26.7 Å². The van der Waals surface area contributed by atoms with Gasteiger partial charge in [-0.3, -0.25) is 9.59 Å². The van der Waals surface area contributed by atoms with Gasteiger partial charge in [-0.05, 0) is 53.5 Å². The van der Waals surface area contributed by atoms with Crippen LogP contribution in [0.3, 0.4) is 0 Å². The molecule has 0 saturated heterocycles. The van der Waals surface area contributed by atoms with Gasteiger partial charge in [0.25, 0.3) is 0 Å². The van der Waals surface area contributed by atoms with E-state index in [0.717, 1.165) is 0 Å². The summed E-state index contributed by atoms with van der Waals surface area (Å²) in [4.78, 5) is 35.5. The van der Waals surface area contributed by atoms with Crippen molar-refractivity contribution in [3.63, 3.8) is 0 Å². The number of methoxy groups -OCH3 is 2. The molecule has 1 N–H and O–H groups in total. The minimum atomic E-state index is -2.32. The molecule has 0 radical (unpaired) electrons. The number of carboxylic acid groups (broad SMARTS) is 1. The monoisotopic (exact) mass is 604 g/mol. The van der Waals surface area contributed by atoms with Crippen LogP contribution >= 0.6 is 0 Å². The topological polar surface area (TPSA) is 108 Å². The van der Waals surface area contributed by atoms with Crippen LogP contribution in [0.5, 0.6) is 0 Å². The molecule has 0 heterocycles. The molecule has 0 rings (SSSR count). The Morgan fingerprint density at radius 2 is 1.20 bits per heavy atom. The van der Waals surface area contributed by atoms with E-state index in [1.165, 1.54) is 0 Å². The zero-order valence-corrected chi connectivity index (χ0v) is 30.0. The van der Waals surface area contributed by atoms with E-state index in [-0.39, 0.29) is 23.5 Å². The molecule has 0 aromatic rings. The lowest BCUT2D eigenvalue weighted by Crippen LogP contribution is -2.53. The smallest absolute Gasteiger partial charge is 0.380 e. The Bertz CT molecular complexity index is 797. The number of hydrogen-bond acceptors (Lipinski definition) is 7. The van der Waals surface area contributed by atoms with E-state index in [4.69, 9.17) is 23.4 Å². The lowest BCUT2D eigenvalue weighted by molar-refractivity contribution is -0.154. The maximum Gasteiger partial charge on any atom is 0.380 e. The van der Waals surface area contributed by atoms with Gasteiger partial charge < -0.3 is 23.4 Å². The van der Waals surface area contributed by atoms with Crippen molar-refractivity contribution in [3.8, 4) is 0 Å². The third-order valence-corrected chi connectivity index (χ3v) is 19.5. The zero-order chi connectivity index (χ0) is 31.8. The summed E-state index contributed by atoms with van der Waals surface area (Å²) in [6.07, 6.45) is -0.657. The Balaban J connectivity index is 6.19. The lowest BCUT2D eigenvalue weighted by atomic mass is 9.90. The van der Waals surface area contributed by atoms with E-state index < -0.39 is 52.3 Å². The van der Waals surface area contributed by atoms with E-state index in [2.05, 4.69) is 82.3 Å². The summed E-state index contributed by atoms with van der Waals surface area (Å²) >= 11 is 0. The highest BCUT2D eigenvalue weighted by Gasteiger charge is 2.47. The minimum Gasteiger partial charge on any atom is -0.475 e. The van der Waals surface area contributed by atoms with E-state index in [1.54, 1.807) is 21.1 Å². The van der Waals surface area contributed by atoms with Gasteiger partial charge in [-0.15, -0.1) is 0 Å². The summed E-state index contributed by atoms with van der Waals surface area (Å²) in [5.41, 5.74) is 1.45. The Hall–Kier alpha value is -0.916. The third kappa shape index (κ3) is 10.1. The number of carbonyl (C=O) groups excluding carboxylic acids is 2. The van der Waals surface area contributed by atoms with E-state index in [1.807, 2.05) is 0 Å². The molecule has 0 aliphatic heterocycles. The molecule has 0 bridgehead atoms. The van der Waals surface area contributed by atoms with Crippen molar-refractivity contribution >= 4 is 34.2 Å². The van der Waals surface area contributed by atoms with Gasteiger partial charge >= 0.3 is 11.8 Å². The van der Waals surface area contributed by atoms with Crippen LogP contribution in [0, 0.1) is 11.8 Å². The minimum absolute atomic E-state index is 0.0890. The maximum atomic E-state index is 12.5. The van der Waals surface area contributed by atoms with Gasteiger partial charge in [-0.2, -0.15) is 0 Å². The quantitative estimate of drug-likeness (QED) is 0.0966. The number of rotatable bonds is 19. The fourth-order valence-corrected chi connectivity index (χ4v) is 12.6. The van der Waals surface area contributed by atoms with Gasteiger partial charge in [0.1, 0.15) is 0 Å². The van der Waals surface area contributed by atoms with Gasteiger partial charge in [0.2, 0.25) is 5.78 Å². The first-order chi connectivity index (χ1) is 18.1. The van der Waals surface area contributed by atoms with Gasteiger partial charge in [-0.1, -0.05) is 76.2 Å². The molecule has 0 aromatic heterocycles. The third-order valence-electron chi connectivity index (χ3n) is 8.99. The summed E-state index contributed by atoms with van der Waals surface area (Å²) in [5, 5.41) is 8.94. The molecular formula is C30H60O8Si2. The summed E-state index contributed by atoms with van der Waals surface area (Å²) < 4.78 is 25.7. The van der Waals surface area contributed by atoms with Crippen molar-refractivity contribution in [2.24, 2.45) is 11.8 Å². The van der Waals surface area contributed by atoms with Gasteiger partial charge in [0.05, 0.1) is 18.3 Å². The number of carbonyl (C=O) groups is 3. The Morgan fingerprint density at radius 1 is 0.775 bits per heavy atom. The second kappa shape index (κ2) is 16.1. The van der Waals surface area contributed by atoms with E-state index in [9.17, 15) is 14.4 Å². The first-order valence-electron chi connectivity index (χ1n) is 14.8. The predicted octanol–water partition coefficient (Wildman–Crippen LogP) is 6.87. The average Bonchev–Trinajstić information content (AvgIpc) is 2.82. The second-order valence-corrected chi connectivity index (χ2v) is 24.2. The molecule has 0 saturated carbocycles. The molecule has 236 valence electrons. The first kappa shape index (κ1) is 39.1. The molecular weight excluding hydrogens is 544 g/mol. The van der Waals surface area contributed by atoms with E-state index >= 15 is 0 Å². The van der Waals surface area contributed by atoms with Crippen LogP contribution in [-0.2, 0) is 32.7 Å². The molecule has 0 spiro atoms. The number of aliphatic carboxylic acids is 1. The standard InChI is InChI=1S/C30H60O8Si2/c1-19(2)40(20(3)4,21(5)6)37-18-22(7)16-24(35-12)28(38-39(14,15)30(9,10)11)25(36-13)17-23(8)26(31)27(32)29(33)34/h19-25,28H,16-18H2,1-15H3,(H,33,34). The van der Waals surface area contributed by atoms with Crippen LogP contribution in [0.25, 0.3) is 0 Å². The molecule has 10 heteroatoms. The molecule has 5 unspecified atom stereocenters. The highest BCUT2D eigenvalue weighted by atomic mass is 28.4. The van der Waals surface area contributed by atoms with Gasteiger partial charge in [0.15, 0.2) is 16.6 Å². The van der Waals surface area contributed by atoms with Crippen LogP contribution < -0.4 is 0 Å². The van der Waals surface area contributed by atoms with Crippen LogP contribution in [0.2, 0.25) is 34.8 Å². The Labute approximate surface area is 246 Å². The number of hydrogen-bond donors (Lipinski definition) is 1. The van der Waals surface area contributed by atoms with E-state index in [0.29, 0.717) is 29.7 Å². The summed E-state index contributed by atoms with van der Waals surface area (Å²) in [7, 11) is -1.14. The normalized spacial score (nSPS) is 17.1. The summed E-state index contributed by atoms with van der Waals surface area (Å²) in [6, 6.07) is 0. The van der Waals surface area contributed by atoms with Crippen molar-refractivity contribution < 1.29 is 37.8 Å². The molecule has 0 aliphatic rings. The van der Waals surface area contributed by atoms with Crippen molar-refractivity contribution in [2.45, 2.75) is 142 Å². The number of ketones is 2.